The van der Waals surface area contributed by atoms with Gasteiger partial charge >= 0.3 is 0 Å². The Morgan fingerprint density at radius 1 is 1.58 bits per heavy atom. The first-order valence-electron chi connectivity index (χ1n) is 4.26. The van der Waals surface area contributed by atoms with Crippen LogP contribution in [0.2, 0.25) is 0 Å². The molecule has 0 unspecified atom stereocenters. The van der Waals surface area contributed by atoms with E-state index in [2.05, 4.69) is 31.0 Å². The minimum atomic E-state index is 0.115. The fraction of sp³-hybridized carbons (Fsp3) is 0.750. The van der Waals surface area contributed by atoms with Crippen molar-refractivity contribution in [2.45, 2.75) is 39.2 Å². The molecule has 68 valence electrons. The van der Waals surface area contributed by atoms with Crippen LogP contribution in [0.4, 0.5) is 0 Å². The van der Waals surface area contributed by atoms with Gasteiger partial charge in [-0.3, -0.25) is 5.10 Å². The Morgan fingerprint density at radius 2 is 2.17 bits per heavy atom. The molecule has 3 nitrogen and oxygen atoms in total. The van der Waals surface area contributed by atoms with E-state index in [9.17, 15) is 0 Å². The van der Waals surface area contributed by atoms with Crippen LogP contribution >= 0.6 is 12.2 Å². The molecule has 0 aromatic carbocycles. The zero-order chi connectivity index (χ0) is 9.19. The SMILES string of the molecule is CCC(C)(CC)n1cn[nH]c1=S. The highest BCUT2D eigenvalue weighted by Gasteiger charge is 2.22. The highest BCUT2D eigenvalue weighted by molar-refractivity contribution is 7.71. The third-order valence-electron chi connectivity index (χ3n) is 2.66. The summed E-state index contributed by atoms with van der Waals surface area (Å²) < 4.78 is 2.74. The number of hydrogen-bond acceptors (Lipinski definition) is 2. The first-order valence-corrected chi connectivity index (χ1v) is 4.67. The summed E-state index contributed by atoms with van der Waals surface area (Å²) >= 11 is 5.11. The van der Waals surface area contributed by atoms with Crippen LogP contribution in [-0.4, -0.2) is 14.8 Å². The van der Waals surface area contributed by atoms with Crippen LogP contribution in [-0.2, 0) is 5.54 Å². The number of rotatable bonds is 3. The Balaban J connectivity index is 3.11. The van der Waals surface area contributed by atoms with Gasteiger partial charge in [-0.2, -0.15) is 5.10 Å². The summed E-state index contributed by atoms with van der Waals surface area (Å²) in [5.74, 6) is 0. The van der Waals surface area contributed by atoms with Gasteiger partial charge in [-0.25, -0.2) is 0 Å². The second-order valence-electron chi connectivity index (χ2n) is 3.24. The quantitative estimate of drug-likeness (QED) is 0.734. The predicted molar refractivity (Wildman–Crippen MR) is 51.6 cm³/mol. The van der Waals surface area contributed by atoms with Crippen LogP contribution < -0.4 is 0 Å². The number of nitrogens with one attached hydrogen (secondary N) is 1. The minimum Gasteiger partial charge on any atom is -0.301 e. The average molecular weight is 185 g/mol. The van der Waals surface area contributed by atoms with E-state index in [4.69, 9.17) is 12.2 Å². The molecule has 0 aliphatic rings. The molecule has 1 rings (SSSR count). The van der Waals surface area contributed by atoms with Gasteiger partial charge in [0.15, 0.2) is 4.77 Å². The molecule has 0 radical (unpaired) electrons. The largest absolute Gasteiger partial charge is 0.301 e. The third-order valence-corrected chi connectivity index (χ3v) is 2.95. The van der Waals surface area contributed by atoms with Crippen molar-refractivity contribution in [2.75, 3.05) is 0 Å². The van der Waals surface area contributed by atoms with Gasteiger partial charge in [0, 0.05) is 5.54 Å². The van der Waals surface area contributed by atoms with Crippen molar-refractivity contribution in [1.82, 2.24) is 14.8 Å². The number of nitrogens with zero attached hydrogens (tertiary/aromatic N) is 2. The lowest BCUT2D eigenvalue weighted by Gasteiger charge is -2.27. The Bertz CT molecular complexity index is 295. The Hall–Kier alpha value is -0.640. The molecule has 12 heavy (non-hydrogen) atoms. The van der Waals surface area contributed by atoms with Crippen molar-refractivity contribution in [3.05, 3.63) is 11.1 Å². The van der Waals surface area contributed by atoms with E-state index >= 15 is 0 Å². The third kappa shape index (κ3) is 1.43. The standard InChI is InChI=1S/C8H15N3S/c1-4-8(3,5-2)11-6-9-10-7(11)12/h6H,4-5H2,1-3H3,(H,10,12). The van der Waals surface area contributed by atoms with Crippen LogP contribution in [0.25, 0.3) is 0 Å². The van der Waals surface area contributed by atoms with E-state index < -0.39 is 0 Å². The molecule has 1 aromatic heterocycles. The molecule has 0 fully saturated rings. The summed E-state index contributed by atoms with van der Waals surface area (Å²) in [5, 5.41) is 6.69. The molecule has 0 spiro atoms. The van der Waals surface area contributed by atoms with Crippen LogP contribution in [0.3, 0.4) is 0 Å². The smallest absolute Gasteiger partial charge is 0.195 e. The number of hydrogen-bond donors (Lipinski definition) is 1. The highest BCUT2D eigenvalue weighted by Crippen LogP contribution is 2.23. The molecule has 0 aliphatic carbocycles. The maximum Gasteiger partial charge on any atom is 0.195 e. The molecular weight excluding hydrogens is 170 g/mol. The van der Waals surface area contributed by atoms with Crippen molar-refractivity contribution >= 4 is 12.2 Å². The molecule has 0 amide bonds. The lowest BCUT2D eigenvalue weighted by atomic mass is 9.95. The van der Waals surface area contributed by atoms with E-state index in [0.717, 1.165) is 12.8 Å². The fourth-order valence-electron chi connectivity index (χ4n) is 1.22. The molecule has 0 aliphatic heterocycles. The monoisotopic (exact) mass is 185 g/mol. The van der Waals surface area contributed by atoms with Crippen LogP contribution in [0.1, 0.15) is 33.6 Å². The first kappa shape index (κ1) is 9.45. The maximum atomic E-state index is 5.11. The van der Waals surface area contributed by atoms with Crippen LogP contribution in [0.15, 0.2) is 6.33 Å². The van der Waals surface area contributed by atoms with Crippen LogP contribution in [0, 0.1) is 4.77 Å². The summed E-state index contributed by atoms with van der Waals surface area (Å²) in [6.07, 6.45) is 3.91. The van der Waals surface area contributed by atoms with Crippen molar-refractivity contribution < 1.29 is 0 Å². The second-order valence-corrected chi connectivity index (χ2v) is 3.62. The molecular formula is C8H15N3S. The lowest BCUT2D eigenvalue weighted by molar-refractivity contribution is 0.290. The Labute approximate surface area is 77.8 Å². The highest BCUT2D eigenvalue weighted by atomic mass is 32.1. The van der Waals surface area contributed by atoms with Crippen molar-refractivity contribution in [1.29, 1.82) is 0 Å². The summed E-state index contributed by atoms with van der Waals surface area (Å²) in [4.78, 5) is 0. The van der Waals surface area contributed by atoms with Gasteiger partial charge in [-0.1, -0.05) is 13.8 Å². The van der Waals surface area contributed by atoms with Gasteiger partial charge in [0.1, 0.15) is 6.33 Å². The number of aromatic nitrogens is 3. The topological polar surface area (TPSA) is 33.6 Å². The zero-order valence-electron chi connectivity index (χ0n) is 7.79. The van der Waals surface area contributed by atoms with Crippen molar-refractivity contribution in [3.8, 4) is 0 Å². The van der Waals surface area contributed by atoms with Gasteiger partial charge in [-0.15, -0.1) is 0 Å². The average Bonchev–Trinajstić information content (AvgIpc) is 2.51. The summed E-state index contributed by atoms with van der Waals surface area (Å²) in [6.45, 7) is 6.52. The lowest BCUT2D eigenvalue weighted by Crippen LogP contribution is -2.27. The molecule has 4 heteroatoms. The zero-order valence-corrected chi connectivity index (χ0v) is 8.61. The fourth-order valence-corrected chi connectivity index (χ4v) is 1.54. The molecule has 0 bridgehead atoms. The second kappa shape index (κ2) is 3.39. The van der Waals surface area contributed by atoms with Crippen molar-refractivity contribution in [2.24, 2.45) is 0 Å². The minimum absolute atomic E-state index is 0.115. The van der Waals surface area contributed by atoms with E-state index in [0.29, 0.717) is 4.77 Å². The molecule has 0 atom stereocenters. The molecule has 0 saturated heterocycles. The van der Waals surface area contributed by atoms with Gasteiger partial charge in [0.25, 0.3) is 0 Å². The number of H-pyrrole nitrogens is 1. The Morgan fingerprint density at radius 3 is 2.50 bits per heavy atom. The van der Waals surface area contributed by atoms with Crippen molar-refractivity contribution in [3.63, 3.8) is 0 Å². The maximum absolute atomic E-state index is 5.11. The van der Waals surface area contributed by atoms with Gasteiger partial charge in [0.2, 0.25) is 0 Å². The van der Waals surface area contributed by atoms with Gasteiger partial charge < -0.3 is 4.57 Å². The van der Waals surface area contributed by atoms with Crippen LogP contribution in [0.5, 0.6) is 0 Å². The molecule has 1 aromatic rings. The van der Waals surface area contributed by atoms with Gasteiger partial charge in [-0.05, 0) is 32.0 Å². The summed E-state index contributed by atoms with van der Waals surface area (Å²) in [7, 11) is 0. The van der Waals surface area contributed by atoms with E-state index in [-0.39, 0.29) is 5.54 Å². The summed E-state index contributed by atoms with van der Waals surface area (Å²) in [5.41, 5.74) is 0.115. The Kier molecular flexibility index (Phi) is 2.67. The van der Waals surface area contributed by atoms with Gasteiger partial charge in [0.05, 0.1) is 0 Å². The first-order chi connectivity index (χ1) is 5.64. The number of aromatic amines is 1. The molecule has 0 saturated carbocycles. The normalized spacial score (nSPS) is 11.9. The van der Waals surface area contributed by atoms with E-state index in [1.54, 1.807) is 6.33 Å². The van der Waals surface area contributed by atoms with E-state index in [1.165, 1.54) is 0 Å². The molecule has 1 heterocycles. The molecule has 1 N–H and O–H groups in total. The predicted octanol–water partition coefficient (Wildman–Crippen LogP) is 2.48. The van der Waals surface area contributed by atoms with E-state index in [1.807, 2.05) is 4.57 Å². The summed E-state index contributed by atoms with van der Waals surface area (Å²) in [6, 6.07) is 0.